The van der Waals surface area contributed by atoms with E-state index in [1.165, 1.54) is 41.5 Å². The Kier molecular flexibility index (Phi) is 5.05. The number of Topliss-reactive ketones (excluding diaryl/α,β-unsaturated/α-hetero) is 2. The predicted octanol–water partition coefficient (Wildman–Crippen LogP) is 2.14. The molecule has 16 heavy (non-hydrogen) atoms. The summed E-state index contributed by atoms with van der Waals surface area (Å²) in [6, 6.07) is 0. The summed E-state index contributed by atoms with van der Waals surface area (Å²) < 4.78 is 21.5. The largest absolute Gasteiger partial charge is 0.321 e. The van der Waals surface area contributed by atoms with E-state index in [4.69, 9.17) is 9.05 Å². The second kappa shape index (κ2) is 5.21. The molecule has 0 spiro atoms. The number of carbonyl (C=O) groups excluding carboxylic acids is 2. The highest BCUT2D eigenvalue weighted by atomic mass is 31.1. The Bertz CT molecular complexity index is 289. The van der Waals surface area contributed by atoms with Crippen LogP contribution in [0.2, 0.25) is 0 Å². The Balaban J connectivity index is 4.52. The van der Waals surface area contributed by atoms with Gasteiger partial charge in [-0.3, -0.25) is 23.2 Å². The summed E-state index contributed by atoms with van der Waals surface area (Å²) in [5.74, 6) is -0.509. The molecule has 0 saturated heterocycles. The molecule has 0 bridgehead atoms. The van der Waals surface area contributed by atoms with Crippen molar-refractivity contribution in [2.24, 2.45) is 0 Å². The lowest BCUT2D eigenvalue weighted by Gasteiger charge is -2.26. The first kappa shape index (κ1) is 15.5. The SMILES string of the molecule is CC(=O)C(C)(C)O[PH](=O)OC(C)(C)C(C)=O. The van der Waals surface area contributed by atoms with Gasteiger partial charge >= 0.3 is 8.25 Å². The minimum Gasteiger partial charge on any atom is -0.297 e. The zero-order valence-electron chi connectivity index (χ0n) is 10.5. The standard InChI is InChI=1S/C10H19O5P/c1-7(11)9(3,4)14-16(13)15-10(5,6)8(2)12/h16H,1-6H3. The zero-order valence-corrected chi connectivity index (χ0v) is 11.5. The predicted molar refractivity (Wildman–Crippen MR) is 60.7 cm³/mol. The van der Waals surface area contributed by atoms with Crippen LogP contribution >= 0.6 is 8.25 Å². The van der Waals surface area contributed by atoms with Crippen LogP contribution in [0.3, 0.4) is 0 Å². The van der Waals surface area contributed by atoms with Crippen LogP contribution in [-0.2, 0) is 23.2 Å². The van der Waals surface area contributed by atoms with E-state index >= 15 is 0 Å². The summed E-state index contributed by atoms with van der Waals surface area (Å²) in [5.41, 5.74) is -2.33. The molecule has 0 atom stereocenters. The third kappa shape index (κ3) is 4.56. The van der Waals surface area contributed by atoms with E-state index in [-0.39, 0.29) is 11.6 Å². The molecule has 0 aromatic rings. The van der Waals surface area contributed by atoms with Crippen molar-refractivity contribution in [3.63, 3.8) is 0 Å². The summed E-state index contributed by atoms with van der Waals surface area (Å²) in [6.07, 6.45) is 0. The number of hydrogen-bond acceptors (Lipinski definition) is 5. The number of ketones is 2. The average Bonchev–Trinajstić information content (AvgIpc) is 2.00. The highest BCUT2D eigenvalue weighted by Crippen LogP contribution is 2.36. The van der Waals surface area contributed by atoms with Gasteiger partial charge in [-0.25, -0.2) is 0 Å². The molecule has 6 heteroatoms. The lowest BCUT2D eigenvalue weighted by Crippen LogP contribution is -2.34. The van der Waals surface area contributed by atoms with Crippen LogP contribution in [0.15, 0.2) is 0 Å². The monoisotopic (exact) mass is 250 g/mol. The minimum absolute atomic E-state index is 0.255. The maximum absolute atomic E-state index is 11.5. The Morgan fingerprint density at radius 3 is 1.31 bits per heavy atom. The van der Waals surface area contributed by atoms with Crippen molar-refractivity contribution in [3.05, 3.63) is 0 Å². The lowest BCUT2D eigenvalue weighted by atomic mass is 10.1. The van der Waals surface area contributed by atoms with Crippen molar-refractivity contribution in [1.29, 1.82) is 0 Å². The van der Waals surface area contributed by atoms with Crippen LogP contribution in [0.1, 0.15) is 41.5 Å². The fourth-order valence-corrected chi connectivity index (χ4v) is 1.74. The molecule has 0 aromatic carbocycles. The van der Waals surface area contributed by atoms with Gasteiger partial charge in [-0.1, -0.05) is 0 Å². The van der Waals surface area contributed by atoms with Gasteiger partial charge in [0.05, 0.1) is 0 Å². The first-order valence-electron chi connectivity index (χ1n) is 4.93. The average molecular weight is 250 g/mol. The van der Waals surface area contributed by atoms with Crippen molar-refractivity contribution in [3.8, 4) is 0 Å². The van der Waals surface area contributed by atoms with Gasteiger partial charge in [-0.15, -0.1) is 0 Å². The Morgan fingerprint density at radius 1 is 0.875 bits per heavy atom. The smallest absolute Gasteiger partial charge is 0.297 e. The molecule has 0 aliphatic carbocycles. The maximum Gasteiger partial charge on any atom is 0.321 e. The van der Waals surface area contributed by atoms with E-state index in [0.29, 0.717) is 0 Å². The van der Waals surface area contributed by atoms with E-state index < -0.39 is 19.5 Å². The molecule has 5 nitrogen and oxygen atoms in total. The van der Waals surface area contributed by atoms with Gasteiger partial charge in [-0.05, 0) is 41.5 Å². The van der Waals surface area contributed by atoms with Gasteiger partial charge in [0.15, 0.2) is 11.6 Å². The first-order valence-corrected chi connectivity index (χ1v) is 6.15. The minimum atomic E-state index is -2.88. The molecule has 0 heterocycles. The summed E-state index contributed by atoms with van der Waals surface area (Å²) in [6.45, 7) is 8.69. The maximum atomic E-state index is 11.5. The molecular weight excluding hydrogens is 231 g/mol. The van der Waals surface area contributed by atoms with Crippen LogP contribution in [0.5, 0.6) is 0 Å². The van der Waals surface area contributed by atoms with Gasteiger partial charge in [0, 0.05) is 0 Å². The Labute approximate surface area is 96.5 Å². The molecular formula is C10H19O5P. The van der Waals surface area contributed by atoms with Crippen LogP contribution in [0.25, 0.3) is 0 Å². The quantitative estimate of drug-likeness (QED) is 0.675. The molecule has 0 unspecified atom stereocenters. The third-order valence-electron chi connectivity index (χ3n) is 2.37. The van der Waals surface area contributed by atoms with E-state index in [1.807, 2.05) is 0 Å². The molecule has 0 aliphatic heterocycles. The van der Waals surface area contributed by atoms with Crippen molar-refractivity contribution in [2.75, 3.05) is 0 Å². The second-order valence-electron chi connectivity index (χ2n) is 4.59. The van der Waals surface area contributed by atoms with Crippen LogP contribution < -0.4 is 0 Å². The van der Waals surface area contributed by atoms with Gasteiger partial charge in [0.2, 0.25) is 0 Å². The molecule has 0 aromatic heterocycles. The molecule has 0 radical (unpaired) electrons. The molecule has 0 amide bonds. The zero-order chi connectivity index (χ0) is 13.1. The molecule has 94 valence electrons. The topological polar surface area (TPSA) is 69.7 Å². The van der Waals surface area contributed by atoms with Crippen molar-refractivity contribution in [1.82, 2.24) is 0 Å². The molecule has 0 aliphatic rings. The summed E-state index contributed by atoms with van der Waals surface area (Å²) in [5, 5.41) is 0. The summed E-state index contributed by atoms with van der Waals surface area (Å²) in [4.78, 5) is 22.3. The highest BCUT2D eigenvalue weighted by Gasteiger charge is 2.32. The third-order valence-corrected chi connectivity index (χ3v) is 3.73. The van der Waals surface area contributed by atoms with Gasteiger partial charge in [0.1, 0.15) is 11.2 Å². The first-order chi connectivity index (χ1) is 6.99. The fourth-order valence-electron chi connectivity index (χ4n) is 0.581. The number of carbonyl (C=O) groups is 2. The van der Waals surface area contributed by atoms with Crippen LogP contribution in [-0.4, -0.2) is 22.8 Å². The Hall–Kier alpha value is -0.510. The fraction of sp³-hybridized carbons (Fsp3) is 0.800. The number of hydrogen-bond donors (Lipinski definition) is 0. The molecule has 0 N–H and O–H groups in total. The van der Waals surface area contributed by atoms with E-state index in [9.17, 15) is 14.2 Å². The van der Waals surface area contributed by atoms with Gasteiger partial charge in [-0.2, -0.15) is 0 Å². The van der Waals surface area contributed by atoms with E-state index in [1.54, 1.807) is 0 Å². The molecule has 0 saturated carbocycles. The number of rotatable bonds is 6. The highest BCUT2D eigenvalue weighted by molar-refractivity contribution is 7.33. The summed E-state index contributed by atoms with van der Waals surface area (Å²) in [7, 11) is -2.88. The Morgan fingerprint density at radius 2 is 1.12 bits per heavy atom. The van der Waals surface area contributed by atoms with E-state index in [2.05, 4.69) is 0 Å². The van der Waals surface area contributed by atoms with E-state index in [0.717, 1.165) is 0 Å². The van der Waals surface area contributed by atoms with Crippen LogP contribution in [0, 0.1) is 0 Å². The molecule has 0 rings (SSSR count). The molecule has 0 fully saturated rings. The van der Waals surface area contributed by atoms with Crippen molar-refractivity contribution >= 4 is 19.8 Å². The van der Waals surface area contributed by atoms with Crippen molar-refractivity contribution in [2.45, 2.75) is 52.7 Å². The van der Waals surface area contributed by atoms with Crippen molar-refractivity contribution < 1.29 is 23.2 Å². The summed E-state index contributed by atoms with van der Waals surface area (Å²) >= 11 is 0. The van der Waals surface area contributed by atoms with Gasteiger partial charge < -0.3 is 0 Å². The van der Waals surface area contributed by atoms with Gasteiger partial charge in [0.25, 0.3) is 0 Å². The van der Waals surface area contributed by atoms with Crippen LogP contribution in [0.4, 0.5) is 0 Å². The normalized spacial score (nSPS) is 12.9. The second-order valence-corrected chi connectivity index (χ2v) is 5.50. The lowest BCUT2D eigenvalue weighted by molar-refractivity contribution is -0.132.